The van der Waals surface area contributed by atoms with E-state index in [1.165, 1.54) is 0 Å². The molecule has 0 atom stereocenters. The van der Waals surface area contributed by atoms with Gasteiger partial charge in [-0.05, 0) is 30.3 Å². The van der Waals surface area contributed by atoms with Crippen molar-refractivity contribution in [3.05, 3.63) is 52.5 Å². The molecule has 2 aromatic carbocycles. The Labute approximate surface area is 133 Å². The predicted octanol–water partition coefficient (Wildman–Crippen LogP) is 4.05. The second kappa shape index (κ2) is 7.20. The van der Waals surface area contributed by atoms with E-state index < -0.39 is 0 Å². The molecule has 0 unspecified atom stereocenters. The van der Waals surface area contributed by atoms with E-state index in [0.29, 0.717) is 27.2 Å². The SMILES string of the molecule is COc1cccc(NC(=O)CNc2cc(Cl)cc(Cl)c2)c1. The van der Waals surface area contributed by atoms with Crippen LogP contribution < -0.4 is 15.4 Å². The Balaban J connectivity index is 1.92. The van der Waals surface area contributed by atoms with Crippen LogP contribution in [0.2, 0.25) is 10.0 Å². The van der Waals surface area contributed by atoms with Gasteiger partial charge in [0, 0.05) is 27.5 Å². The number of hydrogen-bond donors (Lipinski definition) is 2. The van der Waals surface area contributed by atoms with E-state index >= 15 is 0 Å². The summed E-state index contributed by atoms with van der Waals surface area (Å²) >= 11 is 11.8. The highest BCUT2D eigenvalue weighted by Gasteiger charge is 2.04. The topological polar surface area (TPSA) is 50.4 Å². The molecule has 0 aliphatic carbocycles. The number of hydrogen-bond acceptors (Lipinski definition) is 3. The maximum atomic E-state index is 11.9. The maximum absolute atomic E-state index is 11.9. The maximum Gasteiger partial charge on any atom is 0.243 e. The van der Waals surface area contributed by atoms with Gasteiger partial charge < -0.3 is 15.4 Å². The molecule has 0 heterocycles. The van der Waals surface area contributed by atoms with Crippen molar-refractivity contribution in [1.29, 1.82) is 0 Å². The standard InChI is InChI=1S/C15H14Cl2N2O2/c1-21-14-4-2-3-12(8-14)19-15(20)9-18-13-6-10(16)5-11(17)7-13/h2-8,18H,9H2,1H3,(H,19,20). The lowest BCUT2D eigenvalue weighted by Gasteiger charge is -2.09. The molecule has 0 bridgehead atoms. The molecule has 2 N–H and O–H groups in total. The number of amides is 1. The first-order chi connectivity index (χ1) is 10.1. The Bertz CT molecular complexity index is 627. The minimum Gasteiger partial charge on any atom is -0.497 e. The Morgan fingerprint density at radius 2 is 1.81 bits per heavy atom. The molecule has 4 nitrogen and oxygen atoms in total. The van der Waals surface area contributed by atoms with Crippen molar-refractivity contribution >= 4 is 40.5 Å². The molecule has 6 heteroatoms. The lowest BCUT2D eigenvalue weighted by atomic mass is 10.3. The van der Waals surface area contributed by atoms with Crippen molar-refractivity contribution in [3.63, 3.8) is 0 Å². The average molecular weight is 325 g/mol. The summed E-state index contributed by atoms with van der Waals surface area (Å²) in [5.74, 6) is 0.502. The first-order valence-corrected chi connectivity index (χ1v) is 6.96. The zero-order valence-corrected chi connectivity index (χ0v) is 12.8. The highest BCUT2D eigenvalue weighted by Crippen LogP contribution is 2.22. The van der Waals surface area contributed by atoms with Gasteiger partial charge in [0.25, 0.3) is 0 Å². The Morgan fingerprint density at radius 3 is 2.48 bits per heavy atom. The molecule has 0 fully saturated rings. The minimum atomic E-state index is -0.181. The molecule has 0 aliphatic rings. The van der Waals surface area contributed by atoms with Crippen LogP contribution >= 0.6 is 23.2 Å². The number of nitrogens with one attached hydrogen (secondary N) is 2. The largest absolute Gasteiger partial charge is 0.497 e. The molecule has 0 radical (unpaired) electrons. The lowest BCUT2D eigenvalue weighted by molar-refractivity contribution is -0.114. The summed E-state index contributed by atoms with van der Waals surface area (Å²) in [5.41, 5.74) is 1.36. The molecule has 0 saturated carbocycles. The quantitative estimate of drug-likeness (QED) is 0.872. The highest BCUT2D eigenvalue weighted by atomic mass is 35.5. The molecule has 2 aromatic rings. The van der Waals surface area contributed by atoms with Gasteiger partial charge in [-0.15, -0.1) is 0 Å². The van der Waals surface area contributed by atoms with Crippen LogP contribution in [-0.4, -0.2) is 19.6 Å². The van der Waals surface area contributed by atoms with E-state index in [0.717, 1.165) is 0 Å². The van der Waals surface area contributed by atoms with E-state index in [9.17, 15) is 4.79 Å². The first-order valence-electron chi connectivity index (χ1n) is 6.20. The summed E-state index contributed by atoms with van der Waals surface area (Å²) in [5, 5.41) is 6.76. The van der Waals surface area contributed by atoms with Gasteiger partial charge in [-0.1, -0.05) is 29.3 Å². The summed E-state index contributed by atoms with van der Waals surface area (Å²) < 4.78 is 5.10. The third kappa shape index (κ3) is 4.85. The van der Waals surface area contributed by atoms with Crippen molar-refractivity contribution in [3.8, 4) is 5.75 Å². The van der Waals surface area contributed by atoms with Crippen LogP contribution in [0.1, 0.15) is 0 Å². The van der Waals surface area contributed by atoms with Crippen LogP contribution in [0.25, 0.3) is 0 Å². The number of carbonyl (C=O) groups excluding carboxylic acids is 1. The number of anilines is 2. The number of rotatable bonds is 5. The summed E-state index contributed by atoms with van der Waals surface area (Å²) in [6.45, 7) is 0.105. The molecular weight excluding hydrogens is 311 g/mol. The summed E-state index contributed by atoms with van der Waals surface area (Å²) in [6, 6.07) is 12.2. The van der Waals surface area contributed by atoms with E-state index in [4.69, 9.17) is 27.9 Å². The monoisotopic (exact) mass is 324 g/mol. The summed E-state index contributed by atoms with van der Waals surface area (Å²) in [7, 11) is 1.57. The van der Waals surface area contributed by atoms with Crippen LogP contribution in [0.4, 0.5) is 11.4 Å². The smallest absolute Gasteiger partial charge is 0.243 e. The van der Waals surface area contributed by atoms with Gasteiger partial charge in [-0.25, -0.2) is 0 Å². The second-order valence-corrected chi connectivity index (χ2v) is 5.16. The molecular formula is C15H14Cl2N2O2. The molecule has 0 saturated heterocycles. The molecule has 110 valence electrons. The highest BCUT2D eigenvalue weighted by molar-refractivity contribution is 6.35. The van der Waals surface area contributed by atoms with Crippen LogP contribution in [0.15, 0.2) is 42.5 Å². The van der Waals surface area contributed by atoms with E-state index in [1.54, 1.807) is 43.5 Å². The Kier molecular flexibility index (Phi) is 5.31. The fourth-order valence-corrected chi connectivity index (χ4v) is 2.27. The molecule has 1 amide bonds. The van der Waals surface area contributed by atoms with Gasteiger partial charge in [0.05, 0.1) is 13.7 Å². The third-order valence-corrected chi connectivity index (χ3v) is 3.11. The van der Waals surface area contributed by atoms with Gasteiger partial charge in [-0.2, -0.15) is 0 Å². The van der Waals surface area contributed by atoms with Gasteiger partial charge in [0.2, 0.25) is 5.91 Å². The summed E-state index contributed by atoms with van der Waals surface area (Å²) in [4.78, 5) is 11.9. The van der Waals surface area contributed by atoms with E-state index in [-0.39, 0.29) is 12.5 Å². The van der Waals surface area contributed by atoms with Crippen molar-refractivity contribution in [2.24, 2.45) is 0 Å². The Morgan fingerprint density at radius 1 is 1.10 bits per heavy atom. The fraction of sp³-hybridized carbons (Fsp3) is 0.133. The van der Waals surface area contributed by atoms with Gasteiger partial charge in [0.15, 0.2) is 0 Å². The van der Waals surface area contributed by atoms with Crippen LogP contribution in [0.5, 0.6) is 5.75 Å². The Hall–Kier alpha value is -1.91. The minimum absolute atomic E-state index is 0.105. The normalized spacial score (nSPS) is 10.0. The number of methoxy groups -OCH3 is 1. The van der Waals surface area contributed by atoms with Gasteiger partial charge >= 0.3 is 0 Å². The molecule has 2 rings (SSSR count). The van der Waals surface area contributed by atoms with Crippen LogP contribution in [-0.2, 0) is 4.79 Å². The molecule has 0 aliphatic heterocycles. The predicted molar refractivity (Wildman–Crippen MR) is 86.6 cm³/mol. The number of carbonyl (C=O) groups is 1. The van der Waals surface area contributed by atoms with Gasteiger partial charge in [-0.3, -0.25) is 4.79 Å². The van der Waals surface area contributed by atoms with Crippen LogP contribution in [0, 0.1) is 0 Å². The first kappa shape index (κ1) is 15.5. The zero-order chi connectivity index (χ0) is 15.2. The van der Waals surface area contributed by atoms with Crippen molar-refractivity contribution in [2.75, 3.05) is 24.3 Å². The second-order valence-electron chi connectivity index (χ2n) is 4.29. The van der Waals surface area contributed by atoms with E-state index in [1.807, 2.05) is 6.07 Å². The average Bonchev–Trinajstić information content (AvgIpc) is 2.44. The van der Waals surface area contributed by atoms with Crippen molar-refractivity contribution < 1.29 is 9.53 Å². The number of ether oxygens (including phenoxy) is 1. The third-order valence-electron chi connectivity index (χ3n) is 2.67. The van der Waals surface area contributed by atoms with Gasteiger partial charge in [0.1, 0.15) is 5.75 Å². The lowest BCUT2D eigenvalue weighted by Crippen LogP contribution is -2.21. The van der Waals surface area contributed by atoms with Crippen LogP contribution in [0.3, 0.4) is 0 Å². The summed E-state index contributed by atoms with van der Waals surface area (Å²) in [6.07, 6.45) is 0. The zero-order valence-electron chi connectivity index (χ0n) is 11.3. The van der Waals surface area contributed by atoms with Crippen molar-refractivity contribution in [2.45, 2.75) is 0 Å². The molecule has 0 spiro atoms. The fourth-order valence-electron chi connectivity index (χ4n) is 1.74. The number of halogens is 2. The molecule has 21 heavy (non-hydrogen) atoms. The molecule has 0 aromatic heterocycles. The van der Waals surface area contributed by atoms with E-state index in [2.05, 4.69) is 10.6 Å². The number of benzene rings is 2. The van der Waals surface area contributed by atoms with Crippen molar-refractivity contribution in [1.82, 2.24) is 0 Å².